The number of ether oxygens (including phenoxy) is 1. The first-order chi connectivity index (χ1) is 7.17. The van der Waals surface area contributed by atoms with Crippen molar-refractivity contribution >= 4 is 5.91 Å². The van der Waals surface area contributed by atoms with Gasteiger partial charge in [0.25, 0.3) is 0 Å². The maximum absolute atomic E-state index is 11.9. The second-order valence-electron chi connectivity index (χ2n) is 3.83. The quantitative estimate of drug-likeness (QED) is 0.612. The van der Waals surface area contributed by atoms with E-state index in [1.54, 1.807) is 12.0 Å². The van der Waals surface area contributed by atoms with E-state index in [1.807, 2.05) is 7.05 Å². The zero-order valence-electron chi connectivity index (χ0n) is 10.2. The molecule has 1 atom stereocenters. The highest BCUT2D eigenvalue weighted by Gasteiger charge is 2.19. The van der Waals surface area contributed by atoms with Crippen molar-refractivity contribution in [2.24, 2.45) is 11.7 Å². The molecule has 1 unspecified atom stereocenters. The van der Waals surface area contributed by atoms with E-state index >= 15 is 0 Å². The van der Waals surface area contributed by atoms with Crippen LogP contribution in [0.3, 0.4) is 0 Å². The fraction of sp³-hybridized carbons (Fsp3) is 0.909. The van der Waals surface area contributed by atoms with Crippen LogP contribution >= 0.6 is 0 Å². The van der Waals surface area contributed by atoms with Gasteiger partial charge in [0.05, 0.1) is 5.92 Å². The molecule has 4 nitrogen and oxygen atoms in total. The number of nitrogens with zero attached hydrogens (tertiary/aromatic N) is 1. The van der Waals surface area contributed by atoms with Gasteiger partial charge in [-0.2, -0.15) is 0 Å². The van der Waals surface area contributed by atoms with Gasteiger partial charge in [-0.3, -0.25) is 4.79 Å². The number of methoxy groups -OCH3 is 1. The maximum atomic E-state index is 11.9. The summed E-state index contributed by atoms with van der Waals surface area (Å²) in [6.07, 6.45) is 2.76. The predicted octanol–water partition coefficient (Wildman–Crippen LogP) is 0.856. The van der Waals surface area contributed by atoms with E-state index in [0.717, 1.165) is 25.8 Å². The zero-order chi connectivity index (χ0) is 11.7. The number of carbonyl (C=O) groups excluding carboxylic acids is 1. The van der Waals surface area contributed by atoms with Gasteiger partial charge < -0.3 is 15.4 Å². The lowest BCUT2D eigenvalue weighted by molar-refractivity contribution is -0.134. The predicted molar refractivity (Wildman–Crippen MR) is 61.6 cm³/mol. The monoisotopic (exact) mass is 216 g/mol. The summed E-state index contributed by atoms with van der Waals surface area (Å²) in [5.74, 6) is 0.151. The summed E-state index contributed by atoms with van der Waals surface area (Å²) in [6.45, 7) is 3.95. The van der Waals surface area contributed by atoms with Crippen molar-refractivity contribution in [1.29, 1.82) is 0 Å². The summed E-state index contributed by atoms with van der Waals surface area (Å²) in [4.78, 5) is 13.6. The van der Waals surface area contributed by atoms with Gasteiger partial charge in [0.15, 0.2) is 0 Å². The molecule has 0 aliphatic carbocycles. The minimum absolute atomic E-state index is 0.0115. The summed E-state index contributed by atoms with van der Waals surface area (Å²) in [7, 11) is 3.50. The van der Waals surface area contributed by atoms with E-state index in [1.165, 1.54) is 0 Å². The third-order valence-electron chi connectivity index (χ3n) is 2.49. The normalized spacial score (nSPS) is 12.5. The Morgan fingerprint density at radius 1 is 1.53 bits per heavy atom. The number of hydrogen-bond acceptors (Lipinski definition) is 3. The lowest BCUT2D eigenvalue weighted by Crippen LogP contribution is -2.37. The lowest BCUT2D eigenvalue weighted by atomic mass is 10.0. The summed E-state index contributed by atoms with van der Waals surface area (Å²) in [5.41, 5.74) is 5.58. The third-order valence-corrected chi connectivity index (χ3v) is 2.49. The molecule has 0 aromatic heterocycles. The first-order valence-corrected chi connectivity index (χ1v) is 5.61. The first kappa shape index (κ1) is 14.4. The SMILES string of the molecule is CCCC(CN)C(=O)N(C)CCCOC. The molecular formula is C11H24N2O2. The smallest absolute Gasteiger partial charge is 0.226 e. The van der Waals surface area contributed by atoms with Gasteiger partial charge in [-0.1, -0.05) is 13.3 Å². The van der Waals surface area contributed by atoms with Gasteiger partial charge in [-0.25, -0.2) is 0 Å². The van der Waals surface area contributed by atoms with Crippen molar-refractivity contribution in [2.45, 2.75) is 26.2 Å². The van der Waals surface area contributed by atoms with Crippen molar-refractivity contribution in [3.63, 3.8) is 0 Å². The molecule has 0 saturated carbocycles. The highest BCUT2D eigenvalue weighted by molar-refractivity contribution is 5.78. The lowest BCUT2D eigenvalue weighted by Gasteiger charge is -2.22. The third kappa shape index (κ3) is 5.74. The number of nitrogens with two attached hydrogens (primary N) is 1. The maximum Gasteiger partial charge on any atom is 0.226 e. The molecule has 0 heterocycles. The molecule has 0 rings (SSSR count). The molecule has 0 aliphatic rings. The van der Waals surface area contributed by atoms with Crippen molar-refractivity contribution in [2.75, 3.05) is 33.9 Å². The van der Waals surface area contributed by atoms with Gasteiger partial charge >= 0.3 is 0 Å². The molecule has 0 bridgehead atoms. The van der Waals surface area contributed by atoms with Gasteiger partial charge in [0.1, 0.15) is 0 Å². The van der Waals surface area contributed by atoms with Crippen molar-refractivity contribution < 1.29 is 9.53 Å². The Morgan fingerprint density at radius 3 is 2.67 bits per heavy atom. The molecule has 4 heteroatoms. The van der Waals surface area contributed by atoms with Crippen LogP contribution in [0.15, 0.2) is 0 Å². The van der Waals surface area contributed by atoms with Crippen LogP contribution in [0.5, 0.6) is 0 Å². The number of carbonyl (C=O) groups is 1. The fourth-order valence-corrected chi connectivity index (χ4v) is 1.56. The summed E-state index contributed by atoms with van der Waals surface area (Å²) >= 11 is 0. The van der Waals surface area contributed by atoms with Crippen LogP contribution in [-0.2, 0) is 9.53 Å². The summed E-state index contributed by atoms with van der Waals surface area (Å²) in [6, 6.07) is 0. The van der Waals surface area contributed by atoms with E-state index < -0.39 is 0 Å². The Bertz CT molecular complexity index is 174. The summed E-state index contributed by atoms with van der Waals surface area (Å²) < 4.78 is 4.94. The summed E-state index contributed by atoms with van der Waals surface area (Å²) in [5, 5.41) is 0. The molecule has 0 radical (unpaired) electrons. The Kier molecular flexibility index (Phi) is 8.33. The van der Waals surface area contributed by atoms with Crippen LogP contribution in [0.1, 0.15) is 26.2 Å². The molecule has 15 heavy (non-hydrogen) atoms. The van der Waals surface area contributed by atoms with E-state index in [-0.39, 0.29) is 11.8 Å². The molecule has 0 aromatic carbocycles. The Morgan fingerprint density at radius 2 is 2.20 bits per heavy atom. The van der Waals surface area contributed by atoms with Crippen LogP contribution in [0.25, 0.3) is 0 Å². The van der Waals surface area contributed by atoms with Crippen molar-refractivity contribution in [3.8, 4) is 0 Å². The van der Waals surface area contributed by atoms with E-state index in [0.29, 0.717) is 13.2 Å². The van der Waals surface area contributed by atoms with Crippen LogP contribution in [0.2, 0.25) is 0 Å². The molecule has 90 valence electrons. The average Bonchev–Trinajstić information content (AvgIpc) is 2.25. The minimum atomic E-state index is -0.0115. The highest BCUT2D eigenvalue weighted by Crippen LogP contribution is 2.08. The van der Waals surface area contributed by atoms with Crippen LogP contribution in [-0.4, -0.2) is 44.7 Å². The molecule has 0 aromatic rings. The molecule has 0 fully saturated rings. The number of rotatable bonds is 8. The van der Waals surface area contributed by atoms with Gasteiger partial charge in [0, 0.05) is 33.9 Å². The van der Waals surface area contributed by atoms with Crippen LogP contribution < -0.4 is 5.73 Å². The largest absolute Gasteiger partial charge is 0.385 e. The minimum Gasteiger partial charge on any atom is -0.385 e. The first-order valence-electron chi connectivity index (χ1n) is 5.61. The van der Waals surface area contributed by atoms with Gasteiger partial charge in [-0.05, 0) is 12.8 Å². The zero-order valence-corrected chi connectivity index (χ0v) is 10.2. The molecule has 0 spiro atoms. The fourth-order valence-electron chi connectivity index (χ4n) is 1.56. The van der Waals surface area contributed by atoms with Crippen LogP contribution in [0, 0.1) is 5.92 Å². The van der Waals surface area contributed by atoms with Gasteiger partial charge in [-0.15, -0.1) is 0 Å². The highest BCUT2D eigenvalue weighted by atomic mass is 16.5. The average molecular weight is 216 g/mol. The second-order valence-corrected chi connectivity index (χ2v) is 3.83. The molecule has 2 N–H and O–H groups in total. The second kappa shape index (κ2) is 8.68. The van der Waals surface area contributed by atoms with Crippen molar-refractivity contribution in [1.82, 2.24) is 4.90 Å². The van der Waals surface area contributed by atoms with E-state index in [9.17, 15) is 4.79 Å². The molecular weight excluding hydrogens is 192 g/mol. The standard InChI is InChI=1S/C11H24N2O2/c1-4-6-10(9-12)11(14)13(2)7-5-8-15-3/h10H,4-9,12H2,1-3H3. The van der Waals surface area contributed by atoms with Gasteiger partial charge in [0.2, 0.25) is 5.91 Å². The van der Waals surface area contributed by atoms with E-state index in [4.69, 9.17) is 10.5 Å². The Labute approximate surface area is 92.8 Å². The topological polar surface area (TPSA) is 55.6 Å². The van der Waals surface area contributed by atoms with Crippen LogP contribution in [0.4, 0.5) is 0 Å². The number of amides is 1. The van der Waals surface area contributed by atoms with E-state index in [2.05, 4.69) is 6.92 Å². The number of hydrogen-bond donors (Lipinski definition) is 1. The van der Waals surface area contributed by atoms with Crippen molar-refractivity contribution in [3.05, 3.63) is 0 Å². The molecule has 0 saturated heterocycles. The Balaban J connectivity index is 3.93. The molecule has 0 aliphatic heterocycles. The Hall–Kier alpha value is -0.610. The molecule has 1 amide bonds.